The van der Waals surface area contributed by atoms with Crippen molar-refractivity contribution >= 4 is 41.5 Å². The van der Waals surface area contributed by atoms with Gasteiger partial charge in [-0.05, 0) is 37.5 Å². The van der Waals surface area contributed by atoms with Gasteiger partial charge in [0, 0.05) is 49.8 Å². The Morgan fingerprint density at radius 2 is 2.06 bits per heavy atom. The summed E-state index contributed by atoms with van der Waals surface area (Å²) in [7, 11) is 1.65. The third kappa shape index (κ3) is 8.24. The maximum absolute atomic E-state index is 6.36. The molecule has 0 aromatic heterocycles. The number of hydrogen-bond acceptors (Lipinski definition) is 5. The van der Waals surface area contributed by atoms with Gasteiger partial charge in [0.2, 0.25) is 0 Å². The average Bonchev–Trinajstić information content (AvgIpc) is 3.30. The van der Waals surface area contributed by atoms with E-state index in [0.717, 1.165) is 94.3 Å². The molecule has 31 heavy (non-hydrogen) atoms. The van der Waals surface area contributed by atoms with Gasteiger partial charge in [-0.2, -0.15) is 0 Å². The van der Waals surface area contributed by atoms with E-state index in [1.165, 1.54) is 0 Å². The van der Waals surface area contributed by atoms with Crippen molar-refractivity contribution in [3.05, 3.63) is 28.8 Å². The molecule has 7 nitrogen and oxygen atoms in total. The van der Waals surface area contributed by atoms with Crippen LogP contribution in [0, 0.1) is 5.92 Å². The maximum atomic E-state index is 6.36. The highest BCUT2D eigenvalue weighted by molar-refractivity contribution is 14.0. The molecule has 0 saturated carbocycles. The lowest BCUT2D eigenvalue weighted by molar-refractivity contribution is 0.00368. The van der Waals surface area contributed by atoms with E-state index in [-0.39, 0.29) is 24.0 Å². The molecule has 0 radical (unpaired) electrons. The molecule has 9 heteroatoms. The maximum Gasteiger partial charge on any atom is 0.191 e. The second-order valence-electron chi connectivity index (χ2n) is 7.69. The molecule has 2 unspecified atom stereocenters. The molecule has 1 aromatic rings. The van der Waals surface area contributed by atoms with Crippen molar-refractivity contribution in [1.29, 1.82) is 0 Å². The van der Waals surface area contributed by atoms with E-state index in [1.54, 1.807) is 7.11 Å². The van der Waals surface area contributed by atoms with Crippen molar-refractivity contribution in [1.82, 2.24) is 15.5 Å². The minimum atomic E-state index is 0. The molecule has 3 rings (SSSR count). The second-order valence-corrected chi connectivity index (χ2v) is 8.10. The summed E-state index contributed by atoms with van der Waals surface area (Å²) in [5.41, 5.74) is 1.09. The fourth-order valence-electron chi connectivity index (χ4n) is 4.03. The molecule has 2 aliphatic heterocycles. The molecule has 0 aliphatic carbocycles. The number of hydrogen-bond donors (Lipinski definition) is 2. The summed E-state index contributed by atoms with van der Waals surface area (Å²) in [5, 5.41) is 7.54. The minimum Gasteiger partial charge on any atom is -0.497 e. The van der Waals surface area contributed by atoms with Crippen LogP contribution in [0.4, 0.5) is 0 Å². The van der Waals surface area contributed by atoms with Crippen molar-refractivity contribution in [2.45, 2.75) is 25.8 Å². The van der Waals surface area contributed by atoms with Crippen LogP contribution < -0.4 is 15.4 Å². The van der Waals surface area contributed by atoms with Crippen LogP contribution in [-0.2, 0) is 15.9 Å². The summed E-state index contributed by atoms with van der Waals surface area (Å²) in [6.07, 6.45) is 1.92. The standard InChI is InChI=1S/C22H35ClN4O3.HI/c1-3-24-22(25-8-6-17-4-5-19(28-2)14-20(17)23)26-15-21(18-7-11-30-16-18)27-9-12-29-13-10-27;/h4-5,14,18,21H,3,6-13,15-16H2,1-2H3,(H2,24,25,26);1H. The summed E-state index contributed by atoms with van der Waals surface area (Å²) >= 11 is 6.36. The number of methoxy groups -OCH3 is 1. The predicted molar refractivity (Wildman–Crippen MR) is 136 cm³/mol. The number of morpholine rings is 1. The summed E-state index contributed by atoms with van der Waals surface area (Å²) in [4.78, 5) is 7.44. The van der Waals surface area contributed by atoms with Crippen LogP contribution >= 0.6 is 35.6 Å². The van der Waals surface area contributed by atoms with E-state index in [9.17, 15) is 0 Å². The molecular formula is C22H36ClIN4O3. The van der Waals surface area contributed by atoms with E-state index in [0.29, 0.717) is 12.0 Å². The first-order valence-electron chi connectivity index (χ1n) is 11.0. The molecule has 0 amide bonds. The number of guanidine groups is 1. The fraction of sp³-hybridized carbons (Fsp3) is 0.682. The lowest BCUT2D eigenvalue weighted by Gasteiger charge is -2.36. The molecule has 0 bridgehead atoms. The van der Waals surface area contributed by atoms with Crippen LogP contribution in [0.3, 0.4) is 0 Å². The first-order valence-corrected chi connectivity index (χ1v) is 11.3. The second kappa shape index (κ2) is 14.4. The van der Waals surface area contributed by atoms with Crippen LogP contribution in [-0.4, -0.2) is 83.2 Å². The third-order valence-corrected chi connectivity index (χ3v) is 6.10. The molecule has 176 valence electrons. The number of aliphatic imine (C=N–C) groups is 1. The highest BCUT2D eigenvalue weighted by atomic mass is 127. The molecule has 2 saturated heterocycles. The van der Waals surface area contributed by atoms with Crippen LogP contribution in [0.5, 0.6) is 5.75 Å². The van der Waals surface area contributed by atoms with E-state index in [2.05, 4.69) is 22.5 Å². The van der Waals surface area contributed by atoms with Gasteiger partial charge in [0.25, 0.3) is 0 Å². The van der Waals surface area contributed by atoms with Gasteiger partial charge in [0.05, 0.1) is 33.5 Å². The molecule has 2 atom stereocenters. The zero-order valence-electron chi connectivity index (χ0n) is 18.6. The van der Waals surface area contributed by atoms with Crippen molar-refractivity contribution in [2.75, 3.05) is 66.3 Å². The van der Waals surface area contributed by atoms with E-state index < -0.39 is 0 Å². The molecular weight excluding hydrogens is 531 g/mol. The molecule has 1 aromatic carbocycles. The highest BCUT2D eigenvalue weighted by Crippen LogP contribution is 2.23. The number of benzene rings is 1. The monoisotopic (exact) mass is 566 g/mol. The van der Waals surface area contributed by atoms with Gasteiger partial charge in [0.1, 0.15) is 5.75 Å². The van der Waals surface area contributed by atoms with Crippen molar-refractivity contribution in [2.24, 2.45) is 10.9 Å². The first kappa shape index (κ1) is 26.4. The van der Waals surface area contributed by atoms with E-state index >= 15 is 0 Å². The Hall–Kier alpha value is -0.810. The molecule has 2 fully saturated rings. The molecule has 0 spiro atoms. The summed E-state index contributed by atoms with van der Waals surface area (Å²) in [6.45, 7) is 9.65. The highest BCUT2D eigenvalue weighted by Gasteiger charge is 2.31. The Labute approximate surface area is 208 Å². The van der Waals surface area contributed by atoms with Gasteiger partial charge in [-0.3, -0.25) is 9.89 Å². The summed E-state index contributed by atoms with van der Waals surface area (Å²) < 4.78 is 16.4. The topological polar surface area (TPSA) is 67.4 Å². The van der Waals surface area contributed by atoms with Gasteiger partial charge < -0.3 is 24.8 Å². The van der Waals surface area contributed by atoms with E-state index in [1.807, 2.05) is 18.2 Å². The van der Waals surface area contributed by atoms with Gasteiger partial charge in [-0.25, -0.2) is 0 Å². The normalized spacial score (nSPS) is 20.7. The molecule has 2 N–H and O–H groups in total. The van der Waals surface area contributed by atoms with Gasteiger partial charge >= 0.3 is 0 Å². The molecule has 2 heterocycles. The number of nitrogens with zero attached hydrogens (tertiary/aromatic N) is 2. The number of nitrogens with one attached hydrogen (secondary N) is 2. The van der Waals surface area contributed by atoms with Crippen molar-refractivity contribution in [3.63, 3.8) is 0 Å². The van der Waals surface area contributed by atoms with Gasteiger partial charge in [-0.1, -0.05) is 17.7 Å². The SMILES string of the molecule is CCNC(=NCC(C1CCOC1)N1CCOCC1)NCCc1ccc(OC)cc1Cl.I. The Kier molecular flexibility index (Phi) is 12.2. The summed E-state index contributed by atoms with van der Waals surface area (Å²) in [6, 6.07) is 6.20. The predicted octanol–water partition coefficient (Wildman–Crippen LogP) is 2.80. The van der Waals surface area contributed by atoms with E-state index in [4.69, 9.17) is 30.8 Å². The zero-order valence-corrected chi connectivity index (χ0v) is 21.7. The fourth-order valence-corrected chi connectivity index (χ4v) is 4.29. The largest absolute Gasteiger partial charge is 0.497 e. The number of halogens is 2. The Morgan fingerprint density at radius 1 is 1.26 bits per heavy atom. The zero-order chi connectivity index (χ0) is 21.2. The first-order chi connectivity index (χ1) is 14.7. The molecule has 2 aliphatic rings. The Bertz CT molecular complexity index is 683. The lowest BCUT2D eigenvalue weighted by Crippen LogP contribution is -2.49. The lowest BCUT2D eigenvalue weighted by atomic mass is 9.97. The number of rotatable bonds is 9. The van der Waals surface area contributed by atoms with Crippen LogP contribution in [0.1, 0.15) is 18.9 Å². The van der Waals surface area contributed by atoms with Gasteiger partial charge in [0.15, 0.2) is 5.96 Å². The Morgan fingerprint density at radius 3 is 2.71 bits per heavy atom. The van der Waals surface area contributed by atoms with Crippen molar-refractivity contribution in [3.8, 4) is 5.75 Å². The quantitative estimate of drug-likeness (QED) is 0.272. The van der Waals surface area contributed by atoms with Crippen LogP contribution in [0.2, 0.25) is 5.02 Å². The smallest absolute Gasteiger partial charge is 0.191 e. The van der Waals surface area contributed by atoms with Crippen molar-refractivity contribution < 1.29 is 14.2 Å². The minimum absolute atomic E-state index is 0. The van der Waals surface area contributed by atoms with Crippen LogP contribution in [0.15, 0.2) is 23.2 Å². The van der Waals surface area contributed by atoms with Crippen LogP contribution in [0.25, 0.3) is 0 Å². The third-order valence-electron chi connectivity index (χ3n) is 5.75. The number of ether oxygens (including phenoxy) is 3. The average molecular weight is 567 g/mol. The summed E-state index contributed by atoms with van der Waals surface area (Å²) in [5.74, 6) is 2.16. The van der Waals surface area contributed by atoms with Gasteiger partial charge in [-0.15, -0.1) is 24.0 Å². The Balaban J connectivity index is 0.00000341.